The second kappa shape index (κ2) is 8.75. The third-order valence-electron chi connectivity index (χ3n) is 5.00. The molecule has 2 aromatic rings. The highest BCUT2D eigenvalue weighted by molar-refractivity contribution is 5.81. The van der Waals surface area contributed by atoms with Crippen molar-refractivity contribution in [1.82, 2.24) is 4.90 Å². The first kappa shape index (κ1) is 18.3. The highest BCUT2D eigenvalue weighted by atomic mass is 16.5. The van der Waals surface area contributed by atoms with Gasteiger partial charge in [-0.2, -0.15) is 0 Å². The molecule has 138 valence electrons. The molecule has 4 nitrogen and oxygen atoms in total. The standard InChI is InChI=1S/C22H27NO3/c1-17(26-21-10-6-9-20(16-21)25-2)22(24)23-13-11-19(12-14-23)15-18-7-4-3-5-8-18/h3-10,16-17,19H,11-15H2,1-2H3/t17-/m1/s1. The summed E-state index contributed by atoms with van der Waals surface area (Å²) in [5, 5.41) is 0. The minimum absolute atomic E-state index is 0.0611. The predicted molar refractivity (Wildman–Crippen MR) is 103 cm³/mol. The number of likely N-dealkylation sites (tertiary alicyclic amines) is 1. The van der Waals surface area contributed by atoms with Crippen LogP contribution in [0.2, 0.25) is 0 Å². The summed E-state index contributed by atoms with van der Waals surface area (Å²) in [6.45, 7) is 3.43. The summed E-state index contributed by atoms with van der Waals surface area (Å²) in [6, 6.07) is 18.0. The summed E-state index contributed by atoms with van der Waals surface area (Å²) in [7, 11) is 1.62. The number of carbonyl (C=O) groups is 1. The van der Waals surface area contributed by atoms with Crippen molar-refractivity contribution >= 4 is 5.91 Å². The van der Waals surface area contributed by atoms with Gasteiger partial charge in [0.15, 0.2) is 6.10 Å². The van der Waals surface area contributed by atoms with Gasteiger partial charge in [0.1, 0.15) is 11.5 Å². The number of piperidine rings is 1. The van der Waals surface area contributed by atoms with E-state index in [1.165, 1.54) is 5.56 Å². The molecular weight excluding hydrogens is 326 g/mol. The number of hydrogen-bond acceptors (Lipinski definition) is 3. The quantitative estimate of drug-likeness (QED) is 0.789. The molecule has 0 aliphatic carbocycles. The van der Waals surface area contributed by atoms with Gasteiger partial charge in [-0.25, -0.2) is 0 Å². The Kier molecular flexibility index (Phi) is 6.16. The number of carbonyl (C=O) groups excluding carboxylic acids is 1. The van der Waals surface area contributed by atoms with E-state index in [4.69, 9.17) is 9.47 Å². The first-order chi connectivity index (χ1) is 12.7. The Morgan fingerprint density at radius 3 is 2.46 bits per heavy atom. The molecule has 1 fully saturated rings. The van der Waals surface area contributed by atoms with Crippen molar-refractivity contribution in [2.75, 3.05) is 20.2 Å². The molecule has 3 rings (SSSR count). The maximum Gasteiger partial charge on any atom is 0.263 e. The van der Waals surface area contributed by atoms with Crippen molar-refractivity contribution in [3.8, 4) is 11.5 Å². The van der Waals surface area contributed by atoms with Crippen LogP contribution in [0.5, 0.6) is 11.5 Å². The van der Waals surface area contributed by atoms with Gasteiger partial charge in [0.25, 0.3) is 5.91 Å². The van der Waals surface area contributed by atoms with Gasteiger partial charge in [-0.3, -0.25) is 4.79 Å². The molecule has 1 atom stereocenters. The fourth-order valence-corrected chi connectivity index (χ4v) is 3.49. The van der Waals surface area contributed by atoms with E-state index in [-0.39, 0.29) is 5.91 Å². The maximum atomic E-state index is 12.7. The molecule has 1 amide bonds. The first-order valence-electron chi connectivity index (χ1n) is 9.29. The largest absolute Gasteiger partial charge is 0.497 e. The molecule has 1 saturated heterocycles. The fourth-order valence-electron chi connectivity index (χ4n) is 3.49. The van der Waals surface area contributed by atoms with Gasteiger partial charge in [0.2, 0.25) is 0 Å². The van der Waals surface area contributed by atoms with Crippen molar-refractivity contribution in [3.63, 3.8) is 0 Å². The lowest BCUT2D eigenvalue weighted by Gasteiger charge is -2.33. The summed E-state index contributed by atoms with van der Waals surface area (Å²) < 4.78 is 11.0. The normalized spacial score (nSPS) is 16.2. The third kappa shape index (κ3) is 4.78. The third-order valence-corrected chi connectivity index (χ3v) is 5.00. The van der Waals surface area contributed by atoms with Crippen LogP contribution in [0.3, 0.4) is 0 Å². The average Bonchev–Trinajstić information content (AvgIpc) is 2.69. The Balaban J connectivity index is 1.49. The summed E-state index contributed by atoms with van der Waals surface area (Å²) in [5.41, 5.74) is 1.38. The zero-order valence-corrected chi connectivity index (χ0v) is 15.6. The molecule has 1 aliphatic heterocycles. The molecule has 0 radical (unpaired) electrons. The van der Waals surface area contributed by atoms with Crippen molar-refractivity contribution in [1.29, 1.82) is 0 Å². The summed E-state index contributed by atoms with van der Waals surface area (Å²) in [6.07, 6.45) is 2.70. The zero-order chi connectivity index (χ0) is 18.4. The van der Waals surface area contributed by atoms with Crippen LogP contribution < -0.4 is 9.47 Å². The van der Waals surface area contributed by atoms with E-state index in [9.17, 15) is 4.79 Å². The number of benzene rings is 2. The maximum absolute atomic E-state index is 12.7. The second-order valence-electron chi connectivity index (χ2n) is 6.90. The highest BCUT2D eigenvalue weighted by Crippen LogP contribution is 2.24. The number of methoxy groups -OCH3 is 1. The minimum Gasteiger partial charge on any atom is -0.497 e. The molecule has 1 heterocycles. The zero-order valence-electron chi connectivity index (χ0n) is 15.6. The van der Waals surface area contributed by atoms with Crippen LogP contribution in [0.4, 0.5) is 0 Å². The molecule has 0 aromatic heterocycles. The van der Waals surface area contributed by atoms with E-state index in [0.717, 1.165) is 38.1 Å². The van der Waals surface area contributed by atoms with Gasteiger partial charge in [-0.05, 0) is 49.8 Å². The smallest absolute Gasteiger partial charge is 0.263 e. The summed E-state index contributed by atoms with van der Waals surface area (Å²) in [4.78, 5) is 14.6. The molecular formula is C22H27NO3. The van der Waals surface area contributed by atoms with Gasteiger partial charge in [0.05, 0.1) is 7.11 Å². The molecule has 0 unspecified atom stereocenters. The predicted octanol–water partition coefficient (Wildman–Crippen LogP) is 3.94. The van der Waals surface area contributed by atoms with E-state index in [2.05, 4.69) is 30.3 Å². The van der Waals surface area contributed by atoms with Gasteiger partial charge < -0.3 is 14.4 Å². The van der Waals surface area contributed by atoms with Gasteiger partial charge in [-0.1, -0.05) is 36.4 Å². The Labute approximate surface area is 155 Å². The van der Waals surface area contributed by atoms with E-state index in [0.29, 0.717) is 11.7 Å². The van der Waals surface area contributed by atoms with Crippen LogP contribution in [0.25, 0.3) is 0 Å². The van der Waals surface area contributed by atoms with Crippen LogP contribution in [-0.4, -0.2) is 37.1 Å². The molecule has 0 bridgehead atoms. The number of hydrogen-bond donors (Lipinski definition) is 0. The topological polar surface area (TPSA) is 38.8 Å². The number of rotatable bonds is 6. The molecule has 2 aromatic carbocycles. The monoisotopic (exact) mass is 353 g/mol. The van der Waals surface area contributed by atoms with Crippen LogP contribution in [0.15, 0.2) is 54.6 Å². The van der Waals surface area contributed by atoms with Gasteiger partial charge in [0, 0.05) is 19.2 Å². The van der Waals surface area contributed by atoms with Crippen LogP contribution >= 0.6 is 0 Å². The lowest BCUT2D eigenvalue weighted by Crippen LogP contribution is -2.45. The van der Waals surface area contributed by atoms with Crippen LogP contribution in [0, 0.1) is 5.92 Å². The second-order valence-corrected chi connectivity index (χ2v) is 6.90. The molecule has 0 spiro atoms. The summed E-state index contributed by atoms with van der Waals surface area (Å²) >= 11 is 0. The van der Waals surface area contributed by atoms with Crippen molar-refractivity contribution in [2.24, 2.45) is 5.92 Å². The minimum atomic E-state index is -0.493. The van der Waals surface area contributed by atoms with Gasteiger partial charge >= 0.3 is 0 Å². The summed E-state index contributed by atoms with van der Waals surface area (Å²) in [5.74, 6) is 2.09. The molecule has 1 aliphatic rings. The van der Waals surface area contributed by atoms with Crippen molar-refractivity contribution in [2.45, 2.75) is 32.3 Å². The number of ether oxygens (including phenoxy) is 2. The SMILES string of the molecule is COc1cccc(O[C@H](C)C(=O)N2CCC(Cc3ccccc3)CC2)c1. The molecule has 0 saturated carbocycles. The molecule has 0 N–H and O–H groups in total. The van der Waals surface area contributed by atoms with Crippen molar-refractivity contribution in [3.05, 3.63) is 60.2 Å². The lowest BCUT2D eigenvalue weighted by molar-refractivity contribution is -0.139. The van der Waals surface area contributed by atoms with Gasteiger partial charge in [-0.15, -0.1) is 0 Å². The Bertz CT molecular complexity index is 708. The average molecular weight is 353 g/mol. The molecule has 26 heavy (non-hydrogen) atoms. The van der Waals surface area contributed by atoms with Crippen molar-refractivity contribution < 1.29 is 14.3 Å². The highest BCUT2D eigenvalue weighted by Gasteiger charge is 2.27. The Morgan fingerprint density at radius 2 is 1.77 bits per heavy atom. The number of amides is 1. The fraction of sp³-hybridized carbons (Fsp3) is 0.409. The van der Waals surface area contributed by atoms with Crippen LogP contribution in [0.1, 0.15) is 25.3 Å². The Hall–Kier alpha value is -2.49. The Morgan fingerprint density at radius 1 is 1.08 bits per heavy atom. The lowest BCUT2D eigenvalue weighted by atomic mass is 9.90. The van der Waals surface area contributed by atoms with E-state index in [1.54, 1.807) is 13.2 Å². The first-order valence-corrected chi connectivity index (χ1v) is 9.29. The van der Waals surface area contributed by atoms with E-state index >= 15 is 0 Å². The number of nitrogens with zero attached hydrogens (tertiary/aromatic N) is 1. The van der Waals surface area contributed by atoms with E-state index < -0.39 is 6.10 Å². The molecule has 4 heteroatoms. The van der Waals surface area contributed by atoms with Crippen LogP contribution in [-0.2, 0) is 11.2 Å². The van der Waals surface area contributed by atoms with E-state index in [1.807, 2.05) is 30.0 Å².